The van der Waals surface area contributed by atoms with E-state index in [1.54, 1.807) is 0 Å². The summed E-state index contributed by atoms with van der Waals surface area (Å²) >= 11 is 1.85. The van der Waals surface area contributed by atoms with E-state index >= 15 is 0 Å². The first-order valence-electron chi connectivity index (χ1n) is 6.11. The lowest BCUT2D eigenvalue weighted by Gasteiger charge is -2.30. The van der Waals surface area contributed by atoms with Gasteiger partial charge in [0.15, 0.2) is 0 Å². The van der Waals surface area contributed by atoms with Gasteiger partial charge in [-0.3, -0.25) is 4.90 Å². The van der Waals surface area contributed by atoms with Crippen molar-refractivity contribution in [2.75, 3.05) is 25.6 Å². The van der Waals surface area contributed by atoms with Gasteiger partial charge in [0.25, 0.3) is 0 Å². The summed E-state index contributed by atoms with van der Waals surface area (Å²) in [6.45, 7) is 5.12. The van der Waals surface area contributed by atoms with Gasteiger partial charge in [-0.25, -0.2) is 0 Å². The van der Waals surface area contributed by atoms with Gasteiger partial charge in [-0.15, -0.1) is 0 Å². The third kappa shape index (κ3) is 4.05. The maximum absolute atomic E-state index is 6.22. The van der Waals surface area contributed by atoms with E-state index in [1.807, 2.05) is 30.8 Å². The molecule has 0 fully saturated rings. The van der Waals surface area contributed by atoms with Crippen molar-refractivity contribution >= 4 is 11.8 Å². The second-order valence-corrected chi connectivity index (χ2v) is 5.42. The Balaban J connectivity index is 2.80. The molecule has 1 aromatic rings. The highest BCUT2D eigenvalue weighted by molar-refractivity contribution is 7.98. The molecule has 2 atom stereocenters. The van der Waals surface area contributed by atoms with Gasteiger partial charge in [-0.1, -0.05) is 6.92 Å². The van der Waals surface area contributed by atoms with E-state index < -0.39 is 0 Å². The molecule has 0 saturated heterocycles. The molecule has 2 N–H and O–H groups in total. The van der Waals surface area contributed by atoms with Crippen molar-refractivity contribution in [3.05, 3.63) is 23.7 Å². The van der Waals surface area contributed by atoms with Crippen LogP contribution in [0.25, 0.3) is 0 Å². The lowest BCUT2D eigenvalue weighted by molar-refractivity contribution is 0.191. The summed E-state index contributed by atoms with van der Waals surface area (Å²) in [7, 11) is 2.12. The summed E-state index contributed by atoms with van der Waals surface area (Å²) in [6, 6.07) is 4.35. The first-order chi connectivity index (χ1) is 8.10. The van der Waals surface area contributed by atoms with Crippen molar-refractivity contribution in [3.63, 3.8) is 0 Å². The van der Waals surface area contributed by atoms with Gasteiger partial charge in [-0.2, -0.15) is 11.8 Å². The molecular weight excluding hydrogens is 232 g/mol. The Hall–Kier alpha value is -0.450. The SMILES string of the molecule is CCC(N)C(c1ccc(C)o1)N(C)CCSC. The zero-order valence-electron chi connectivity index (χ0n) is 11.3. The average Bonchev–Trinajstić information content (AvgIpc) is 2.73. The van der Waals surface area contributed by atoms with Crippen LogP contribution in [0, 0.1) is 6.92 Å². The third-order valence-corrected chi connectivity index (χ3v) is 3.64. The molecule has 17 heavy (non-hydrogen) atoms. The second kappa shape index (κ2) is 7.09. The summed E-state index contributed by atoms with van der Waals surface area (Å²) in [4.78, 5) is 2.29. The highest BCUT2D eigenvalue weighted by atomic mass is 32.2. The van der Waals surface area contributed by atoms with Crippen LogP contribution in [-0.2, 0) is 0 Å². The Kier molecular flexibility index (Phi) is 6.09. The molecule has 0 spiro atoms. The molecule has 1 aromatic heterocycles. The topological polar surface area (TPSA) is 42.4 Å². The largest absolute Gasteiger partial charge is 0.465 e. The minimum absolute atomic E-state index is 0.118. The number of likely N-dealkylation sites (N-methyl/N-ethyl adjacent to an activating group) is 1. The molecular formula is C13H24N2OS. The second-order valence-electron chi connectivity index (χ2n) is 4.44. The van der Waals surface area contributed by atoms with Gasteiger partial charge in [0.05, 0.1) is 6.04 Å². The molecule has 4 heteroatoms. The number of thioether (sulfide) groups is 1. The predicted molar refractivity (Wildman–Crippen MR) is 75.5 cm³/mol. The number of aryl methyl sites for hydroxylation is 1. The molecule has 2 unspecified atom stereocenters. The smallest absolute Gasteiger partial charge is 0.122 e. The molecule has 98 valence electrons. The normalized spacial score (nSPS) is 15.2. The lowest BCUT2D eigenvalue weighted by Crippen LogP contribution is -2.39. The van der Waals surface area contributed by atoms with Crippen LogP contribution in [0.4, 0.5) is 0 Å². The minimum atomic E-state index is 0.118. The van der Waals surface area contributed by atoms with Gasteiger partial charge >= 0.3 is 0 Å². The van der Waals surface area contributed by atoms with Crippen molar-refractivity contribution in [1.29, 1.82) is 0 Å². The fourth-order valence-electron chi connectivity index (χ4n) is 1.97. The van der Waals surface area contributed by atoms with Crippen LogP contribution in [0.2, 0.25) is 0 Å². The van der Waals surface area contributed by atoms with Gasteiger partial charge in [0.1, 0.15) is 11.5 Å². The van der Waals surface area contributed by atoms with Crippen LogP contribution in [0.1, 0.15) is 30.9 Å². The predicted octanol–water partition coefficient (Wildman–Crippen LogP) is 2.66. The summed E-state index contributed by atoms with van der Waals surface area (Å²) in [5.41, 5.74) is 6.22. The average molecular weight is 256 g/mol. The minimum Gasteiger partial charge on any atom is -0.465 e. The lowest BCUT2D eigenvalue weighted by atomic mass is 10.0. The van der Waals surface area contributed by atoms with Crippen LogP contribution >= 0.6 is 11.8 Å². The molecule has 3 nitrogen and oxygen atoms in total. The highest BCUT2D eigenvalue weighted by Gasteiger charge is 2.25. The van der Waals surface area contributed by atoms with Crippen LogP contribution in [0.5, 0.6) is 0 Å². The van der Waals surface area contributed by atoms with E-state index in [0.717, 1.165) is 30.2 Å². The van der Waals surface area contributed by atoms with Gasteiger partial charge in [-0.05, 0) is 38.8 Å². The van der Waals surface area contributed by atoms with Crippen LogP contribution in [0.15, 0.2) is 16.5 Å². The van der Waals surface area contributed by atoms with Crippen molar-refractivity contribution in [3.8, 4) is 0 Å². The zero-order valence-corrected chi connectivity index (χ0v) is 12.1. The van der Waals surface area contributed by atoms with Crippen LogP contribution < -0.4 is 5.73 Å². The van der Waals surface area contributed by atoms with Gasteiger partial charge in [0, 0.05) is 18.3 Å². The van der Waals surface area contributed by atoms with E-state index in [1.165, 1.54) is 0 Å². The van der Waals surface area contributed by atoms with Gasteiger partial charge < -0.3 is 10.2 Å². The summed E-state index contributed by atoms with van der Waals surface area (Å²) in [6.07, 6.45) is 3.08. The molecule has 1 rings (SSSR count). The van der Waals surface area contributed by atoms with E-state index in [0.29, 0.717) is 0 Å². The first kappa shape index (κ1) is 14.6. The molecule has 0 saturated carbocycles. The number of nitrogens with zero attached hydrogens (tertiary/aromatic N) is 1. The van der Waals surface area contributed by atoms with Crippen LogP contribution in [0.3, 0.4) is 0 Å². The van der Waals surface area contributed by atoms with Gasteiger partial charge in [0.2, 0.25) is 0 Å². The Morgan fingerprint density at radius 1 is 1.47 bits per heavy atom. The fourth-order valence-corrected chi connectivity index (χ4v) is 2.44. The van der Waals surface area contributed by atoms with Crippen molar-refractivity contribution in [2.24, 2.45) is 5.73 Å². The van der Waals surface area contributed by atoms with Crippen molar-refractivity contribution in [1.82, 2.24) is 4.90 Å². The van der Waals surface area contributed by atoms with Crippen molar-refractivity contribution < 1.29 is 4.42 Å². The molecule has 0 aromatic carbocycles. The highest BCUT2D eigenvalue weighted by Crippen LogP contribution is 2.25. The third-order valence-electron chi connectivity index (χ3n) is 3.05. The summed E-state index contributed by atoms with van der Waals surface area (Å²) in [5, 5.41) is 0. The number of hydrogen-bond acceptors (Lipinski definition) is 4. The van der Waals surface area contributed by atoms with E-state index in [9.17, 15) is 0 Å². The molecule has 0 radical (unpaired) electrons. The summed E-state index contributed by atoms with van der Waals surface area (Å²) < 4.78 is 5.74. The van der Waals surface area contributed by atoms with E-state index in [4.69, 9.17) is 10.2 Å². The maximum atomic E-state index is 6.22. The Bertz CT molecular complexity index is 327. The van der Waals surface area contributed by atoms with E-state index in [2.05, 4.69) is 25.1 Å². The van der Waals surface area contributed by atoms with E-state index in [-0.39, 0.29) is 12.1 Å². The van der Waals surface area contributed by atoms with Crippen molar-refractivity contribution in [2.45, 2.75) is 32.4 Å². The number of rotatable bonds is 7. The molecule has 0 aliphatic heterocycles. The molecule has 0 aliphatic rings. The monoisotopic (exact) mass is 256 g/mol. The molecule has 0 aliphatic carbocycles. The number of nitrogens with two attached hydrogens (primary N) is 1. The quantitative estimate of drug-likeness (QED) is 0.814. The maximum Gasteiger partial charge on any atom is 0.122 e. The fraction of sp³-hybridized carbons (Fsp3) is 0.692. The Labute approximate surface area is 109 Å². The molecule has 0 amide bonds. The Morgan fingerprint density at radius 3 is 2.65 bits per heavy atom. The van der Waals surface area contributed by atoms with Crippen LogP contribution in [-0.4, -0.2) is 36.5 Å². The Morgan fingerprint density at radius 2 is 2.18 bits per heavy atom. The standard InChI is InChI=1S/C13H24N2OS/c1-5-11(14)13(15(3)8-9-17-4)12-7-6-10(2)16-12/h6-7,11,13H,5,8-9,14H2,1-4H3. The summed E-state index contributed by atoms with van der Waals surface area (Å²) in [5.74, 6) is 3.05. The molecule has 0 bridgehead atoms. The number of furan rings is 1. The number of hydrogen-bond donors (Lipinski definition) is 1. The molecule has 1 heterocycles. The zero-order chi connectivity index (χ0) is 12.8. The first-order valence-corrected chi connectivity index (χ1v) is 7.50.